The first kappa shape index (κ1) is 20.6. The summed E-state index contributed by atoms with van der Waals surface area (Å²) >= 11 is 0. The van der Waals surface area contributed by atoms with Gasteiger partial charge in [-0.2, -0.15) is 4.90 Å². The lowest BCUT2D eigenvalue weighted by Gasteiger charge is -2.31. The summed E-state index contributed by atoms with van der Waals surface area (Å²) in [6.07, 6.45) is 1.80. The molecule has 0 spiro atoms. The molecule has 0 aliphatic carbocycles. The van der Waals surface area contributed by atoms with Crippen LogP contribution in [-0.4, -0.2) is 35.3 Å². The molecule has 0 bridgehead atoms. The number of hydrogen-bond donors (Lipinski definition) is 1. The fraction of sp³-hybridized carbons (Fsp3) is 0.296. The van der Waals surface area contributed by atoms with Gasteiger partial charge in [0.15, 0.2) is 6.04 Å². The van der Waals surface area contributed by atoms with E-state index in [1.54, 1.807) is 7.11 Å². The van der Waals surface area contributed by atoms with Crippen molar-refractivity contribution in [1.29, 1.82) is 0 Å². The Balaban J connectivity index is 1.68. The van der Waals surface area contributed by atoms with Gasteiger partial charge >= 0.3 is 0 Å². The summed E-state index contributed by atoms with van der Waals surface area (Å²) in [6.45, 7) is 4.68. The zero-order valence-electron chi connectivity index (χ0n) is 18.8. The predicted octanol–water partition coefficient (Wildman–Crippen LogP) is 4.84. The molecule has 2 aliphatic rings. The summed E-state index contributed by atoms with van der Waals surface area (Å²) in [5, 5.41) is 12.4. The van der Waals surface area contributed by atoms with Gasteiger partial charge in [-0.25, -0.2) is 4.58 Å². The van der Waals surface area contributed by atoms with Crippen LogP contribution in [0.3, 0.4) is 0 Å². The van der Waals surface area contributed by atoms with Crippen LogP contribution in [0.1, 0.15) is 31.4 Å². The molecule has 5 nitrogen and oxygen atoms in total. The van der Waals surface area contributed by atoms with E-state index in [0.29, 0.717) is 6.61 Å². The van der Waals surface area contributed by atoms with Crippen molar-refractivity contribution in [2.24, 2.45) is 0 Å². The van der Waals surface area contributed by atoms with Crippen LogP contribution in [0.4, 0.5) is 11.4 Å². The SMILES string of the molecule is CCOc1ccc(C2(O)C(C)[N+]3=C(CCc4ccccc43)N2c2ccc(OC)cc2)cc1. The molecule has 5 heteroatoms. The number of rotatable bonds is 5. The highest BCUT2D eigenvalue weighted by molar-refractivity contribution is 5.98. The Bertz CT molecular complexity index is 1150. The smallest absolute Gasteiger partial charge is 0.278 e. The Labute approximate surface area is 189 Å². The van der Waals surface area contributed by atoms with Gasteiger partial charge in [0.25, 0.3) is 11.6 Å². The normalized spacial score (nSPS) is 21.9. The zero-order valence-corrected chi connectivity index (χ0v) is 18.8. The van der Waals surface area contributed by atoms with Crippen molar-refractivity contribution in [3.8, 4) is 11.5 Å². The maximum atomic E-state index is 12.4. The standard InChI is InChI=1S/C27H29N2O3/c1-4-32-24-14-10-21(11-15-24)27(30)19(2)28-25-8-6-5-7-20(25)9-18-26(28)29(27)22-12-16-23(31-3)17-13-22/h5-8,10-17,19,30H,4,9,18H2,1-3H3/q+1. The number of methoxy groups -OCH3 is 1. The van der Waals surface area contributed by atoms with Gasteiger partial charge in [-0.15, -0.1) is 0 Å². The Kier molecular flexibility index (Phi) is 5.14. The second-order valence-electron chi connectivity index (χ2n) is 8.31. The lowest BCUT2D eigenvalue weighted by Crippen LogP contribution is -2.50. The van der Waals surface area contributed by atoms with Gasteiger partial charge in [-0.05, 0) is 80.4 Å². The second kappa shape index (κ2) is 7.99. The van der Waals surface area contributed by atoms with Crippen molar-refractivity contribution in [3.05, 3.63) is 83.9 Å². The molecule has 0 saturated carbocycles. The van der Waals surface area contributed by atoms with Crippen molar-refractivity contribution in [2.75, 3.05) is 18.6 Å². The highest BCUT2D eigenvalue weighted by atomic mass is 16.5. The molecule has 2 heterocycles. The summed E-state index contributed by atoms with van der Waals surface area (Å²) in [7, 11) is 1.66. The fourth-order valence-corrected chi connectivity index (χ4v) is 5.09. The number of amidine groups is 1. The average molecular weight is 430 g/mol. The van der Waals surface area contributed by atoms with Crippen LogP contribution in [0.15, 0.2) is 72.8 Å². The number of anilines is 1. The second-order valence-corrected chi connectivity index (χ2v) is 8.31. The van der Waals surface area contributed by atoms with E-state index < -0.39 is 5.72 Å². The van der Waals surface area contributed by atoms with Crippen LogP contribution in [0.2, 0.25) is 0 Å². The molecule has 5 rings (SSSR count). The molecule has 2 aliphatic heterocycles. The van der Waals surface area contributed by atoms with Gasteiger partial charge in [0.1, 0.15) is 22.9 Å². The maximum absolute atomic E-state index is 12.4. The van der Waals surface area contributed by atoms with E-state index in [2.05, 4.69) is 40.7 Å². The van der Waals surface area contributed by atoms with Crippen LogP contribution < -0.4 is 14.4 Å². The van der Waals surface area contributed by atoms with Gasteiger partial charge in [0, 0.05) is 5.56 Å². The summed E-state index contributed by atoms with van der Waals surface area (Å²) in [5.74, 6) is 2.71. The molecule has 32 heavy (non-hydrogen) atoms. The third kappa shape index (κ3) is 3.07. The van der Waals surface area contributed by atoms with E-state index in [9.17, 15) is 5.11 Å². The van der Waals surface area contributed by atoms with Gasteiger partial charge in [0.2, 0.25) is 0 Å². The molecule has 3 aromatic rings. The highest BCUT2D eigenvalue weighted by Crippen LogP contribution is 2.45. The number of hydrogen-bond acceptors (Lipinski definition) is 4. The molecule has 0 amide bonds. The minimum atomic E-state index is -1.24. The van der Waals surface area contributed by atoms with Crippen molar-refractivity contribution < 1.29 is 19.2 Å². The minimum Gasteiger partial charge on any atom is -0.497 e. The van der Waals surface area contributed by atoms with E-state index in [0.717, 1.165) is 41.4 Å². The molecule has 0 fully saturated rings. The highest BCUT2D eigenvalue weighted by Gasteiger charge is 2.60. The van der Waals surface area contributed by atoms with E-state index >= 15 is 0 Å². The third-order valence-corrected chi connectivity index (χ3v) is 6.64. The van der Waals surface area contributed by atoms with E-state index in [-0.39, 0.29) is 6.04 Å². The summed E-state index contributed by atoms with van der Waals surface area (Å²) in [5.41, 5.74) is 3.01. The molecule has 2 unspecified atom stereocenters. The lowest BCUT2D eigenvalue weighted by molar-refractivity contribution is -0.495. The molecule has 0 aromatic heterocycles. The lowest BCUT2D eigenvalue weighted by atomic mass is 9.94. The number of benzene rings is 3. The molecule has 1 N–H and O–H groups in total. The summed E-state index contributed by atoms with van der Waals surface area (Å²) in [6, 6.07) is 24.0. The zero-order chi connectivity index (χ0) is 22.3. The minimum absolute atomic E-state index is 0.195. The molecular formula is C27H29N2O3+. The van der Waals surface area contributed by atoms with Crippen molar-refractivity contribution in [1.82, 2.24) is 0 Å². The van der Waals surface area contributed by atoms with Crippen molar-refractivity contribution >= 4 is 17.2 Å². The molecule has 0 radical (unpaired) electrons. The average Bonchev–Trinajstić information content (AvgIpc) is 3.07. The van der Waals surface area contributed by atoms with Gasteiger partial charge in [-0.1, -0.05) is 18.2 Å². The number of nitrogens with zero attached hydrogens (tertiary/aromatic N) is 2. The fourth-order valence-electron chi connectivity index (χ4n) is 5.09. The number of aryl methyl sites for hydroxylation is 1. The Morgan fingerprint density at radius 3 is 2.34 bits per heavy atom. The van der Waals surface area contributed by atoms with Crippen molar-refractivity contribution in [2.45, 2.75) is 38.5 Å². The Morgan fingerprint density at radius 2 is 1.66 bits per heavy atom. The van der Waals surface area contributed by atoms with Gasteiger partial charge in [-0.3, -0.25) is 0 Å². The quantitative estimate of drug-likeness (QED) is 0.590. The molecule has 164 valence electrons. The van der Waals surface area contributed by atoms with E-state index in [1.165, 1.54) is 11.3 Å². The number of para-hydroxylation sites is 1. The topological polar surface area (TPSA) is 44.9 Å². The first-order valence-corrected chi connectivity index (χ1v) is 11.2. The maximum Gasteiger partial charge on any atom is 0.278 e. The molecule has 0 saturated heterocycles. The first-order valence-electron chi connectivity index (χ1n) is 11.2. The third-order valence-electron chi connectivity index (χ3n) is 6.64. The van der Waals surface area contributed by atoms with E-state index in [4.69, 9.17) is 9.47 Å². The van der Waals surface area contributed by atoms with E-state index in [1.807, 2.05) is 55.5 Å². The number of fused-ring (bicyclic) bond motifs is 2. The van der Waals surface area contributed by atoms with Crippen LogP contribution in [-0.2, 0) is 12.1 Å². The predicted molar refractivity (Wildman–Crippen MR) is 126 cm³/mol. The van der Waals surface area contributed by atoms with Crippen molar-refractivity contribution in [3.63, 3.8) is 0 Å². The van der Waals surface area contributed by atoms with Gasteiger partial charge < -0.3 is 14.6 Å². The van der Waals surface area contributed by atoms with Gasteiger partial charge in [0.05, 0.1) is 20.1 Å². The Hall–Kier alpha value is -3.31. The number of ether oxygens (including phenoxy) is 2. The largest absolute Gasteiger partial charge is 0.497 e. The van der Waals surface area contributed by atoms with Crippen LogP contribution in [0.25, 0.3) is 0 Å². The number of aliphatic hydroxyl groups is 1. The molecular weight excluding hydrogens is 400 g/mol. The van der Waals surface area contributed by atoms with Crippen LogP contribution in [0, 0.1) is 0 Å². The summed E-state index contributed by atoms with van der Waals surface area (Å²) < 4.78 is 13.3. The van der Waals surface area contributed by atoms with Crippen LogP contribution >= 0.6 is 0 Å². The Morgan fingerprint density at radius 1 is 0.969 bits per heavy atom. The molecule has 2 atom stereocenters. The van der Waals surface area contributed by atoms with Crippen LogP contribution in [0.5, 0.6) is 11.5 Å². The molecule has 3 aromatic carbocycles. The first-order chi connectivity index (χ1) is 15.6. The summed E-state index contributed by atoms with van der Waals surface area (Å²) in [4.78, 5) is 2.10. The monoisotopic (exact) mass is 429 g/mol.